The average Bonchev–Trinajstić information content (AvgIpc) is 3.04. The summed E-state index contributed by atoms with van der Waals surface area (Å²) in [4.78, 5) is 16.9. The van der Waals surface area contributed by atoms with Gasteiger partial charge >= 0.3 is 0 Å². The van der Waals surface area contributed by atoms with E-state index in [1.165, 1.54) is 0 Å². The molecule has 4 rings (SSSR count). The van der Waals surface area contributed by atoms with Gasteiger partial charge in [0.15, 0.2) is 0 Å². The second-order valence-electron chi connectivity index (χ2n) is 6.46. The van der Waals surface area contributed by atoms with Gasteiger partial charge in [-0.3, -0.25) is 9.48 Å². The lowest BCUT2D eigenvalue weighted by atomic mass is 9.89. The molecule has 0 spiro atoms. The van der Waals surface area contributed by atoms with Crippen LogP contribution in [0.1, 0.15) is 17.8 Å². The maximum atomic E-state index is 12.6. The second-order valence-corrected chi connectivity index (χ2v) is 6.46. The molecule has 0 saturated heterocycles. The number of hydrogen-bond acceptors (Lipinski definition) is 5. The summed E-state index contributed by atoms with van der Waals surface area (Å²) in [6.45, 7) is 0. The number of carbonyl (C=O) groups excluding carboxylic acids is 1. The summed E-state index contributed by atoms with van der Waals surface area (Å²) in [6.07, 6.45) is 3.92. The molecule has 2 N–H and O–H groups in total. The van der Waals surface area contributed by atoms with Gasteiger partial charge in [-0.1, -0.05) is 23.4 Å². The highest BCUT2D eigenvalue weighted by Gasteiger charge is 2.28. The largest absolute Gasteiger partial charge is 0.340 e. The number of anilines is 3. The van der Waals surface area contributed by atoms with Crippen molar-refractivity contribution in [2.24, 2.45) is 13.0 Å². The second kappa shape index (κ2) is 6.95. The maximum Gasteiger partial charge on any atom is 0.227 e. The van der Waals surface area contributed by atoms with Crippen molar-refractivity contribution in [2.45, 2.75) is 19.3 Å². The molecule has 1 aliphatic carbocycles. The first-order valence-corrected chi connectivity index (χ1v) is 8.65. The number of hydrogen-bond donors (Lipinski definition) is 2. The van der Waals surface area contributed by atoms with Crippen LogP contribution >= 0.6 is 0 Å². The summed E-state index contributed by atoms with van der Waals surface area (Å²) in [5.41, 5.74) is 3.73. The lowest BCUT2D eigenvalue weighted by Crippen LogP contribution is -2.29. The highest BCUT2D eigenvalue weighted by atomic mass is 16.1. The molecule has 26 heavy (non-hydrogen) atoms. The number of para-hydroxylation sites is 1. The number of benzene rings is 1. The molecular weight excluding hydrogens is 328 g/mol. The van der Waals surface area contributed by atoms with E-state index in [0.717, 1.165) is 35.7 Å². The standard InChI is InChI=1S/C19H20N6O/c1-25-17-11-13(7-9-16(17)23-24-25)19(26)22-15-8-10-18(20-12-15)21-14-5-3-2-4-6-14/h2-6,8,10,12-13H,7,9,11H2,1H3,(H,20,21)(H,22,26). The molecule has 2 aromatic heterocycles. The highest BCUT2D eigenvalue weighted by Crippen LogP contribution is 2.25. The Morgan fingerprint density at radius 3 is 2.77 bits per heavy atom. The van der Waals surface area contributed by atoms with Crippen LogP contribution in [0.15, 0.2) is 48.7 Å². The SMILES string of the molecule is Cn1nnc2c1CC(C(=O)Nc1ccc(Nc3ccccc3)nc1)CC2. The van der Waals surface area contributed by atoms with E-state index in [1.54, 1.807) is 10.9 Å². The molecule has 0 bridgehead atoms. The number of rotatable bonds is 4. The van der Waals surface area contributed by atoms with E-state index in [9.17, 15) is 4.79 Å². The molecular formula is C19H20N6O. The van der Waals surface area contributed by atoms with Crippen molar-refractivity contribution in [3.8, 4) is 0 Å². The van der Waals surface area contributed by atoms with E-state index < -0.39 is 0 Å². The third kappa shape index (κ3) is 3.42. The Morgan fingerprint density at radius 1 is 1.15 bits per heavy atom. The number of aryl methyl sites for hydroxylation is 2. The smallest absolute Gasteiger partial charge is 0.227 e. The number of carbonyl (C=O) groups is 1. The van der Waals surface area contributed by atoms with Gasteiger partial charge in [0, 0.05) is 25.1 Å². The summed E-state index contributed by atoms with van der Waals surface area (Å²) in [5, 5.41) is 14.4. The quantitative estimate of drug-likeness (QED) is 0.757. The summed E-state index contributed by atoms with van der Waals surface area (Å²) in [6, 6.07) is 13.5. The first kappa shape index (κ1) is 16.3. The highest BCUT2D eigenvalue weighted by molar-refractivity contribution is 5.92. The molecule has 1 amide bonds. The predicted molar refractivity (Wildman–Crippen MR) is 99.1 cm³/mol. The molecule has 1 aromatic carbocycles. The van der Waals surface area contributed by atoms with Crippen molar-refractivity contribution in [2.75, 3.05) is 10.6 Å². The fourth-order valence-electron chi connectivity index (χ4n) is 3.19. The van der Waals surface area contributed by atoms with Gasteiger partial charge in [-0.2, -0.15) is 0 Å². The van der Waals surface area contributed by atoms with Gasteiger partial charge < -0.3 is 10.6 Å². The summed E-state index contributed by atoms with van der Waals surface area (Å²) in [7, 11) is 1.87. The number of nitrogens with one attached hydrogen (secondary N) is 2. The summed E-state index contributed by atoms with van der Waals surface area (Å²) in [5.74, 6) is 0.682. The molecule has 0 aliphatic heterocycles. The van der Waals surface area contributed by atoms with Crippen LogP contribution in [0.25, 0.3) is 0 Å². The van der Waals surface area contributed by atoms with Gasteiger partial charge in [-0.25, -0.2) is 4.98 Å². The van der Waals surface area contributed by atoms with Gasteiger partial charge in [0.2, 0.25) is 5.91 Å². The van der Waals surface area contributed by atoms with Gasteiger partial charge in [-0.15, -0.1) is 5.10 Å². The third-order valence-electron chi connectivity index (χ3n) is 4.64. The van der Waals surface area contributed by atoms with E-state index in [-0.39, 0.29) is 11.8 Å². The van der Waals surface area contributed by atoms with Crippen LogP contribution in [0.2, 0.25) is 0 Å². The Kier molecular flexibility index (Phi) is 4.35. The van der Waals surface area contributed by atoms with Crippen molar-refractivity contribution in [3.05, 3.63) is 60.0 Å². The lowest BCUT2D eigenvalue weighted by molar-refractivity contribution is -0.120. The maximum absolute atomic E-state index is 12.6. The molecule has 7 heteroatoms. The van der Waals surface area contributed by atoms with Crippen LogP contribution in [0.5, 0.6) is 0 Å². The molecule has 0 radical (unpaired) electrons. The van der Waals surface area contributed by atoms with Crippen molar-refractivity contribution < 1.29 is 4.79 Å². The van der Waals surface area contributed by atoms with Crippen LogP contribution in [-0.4, -0.2) is 25.9 Å². The van der Waals surface area contributed by atoms with Gasteiger partial charge in [0.05, 0.1) is 23.3 Å². The molecule has 1 atom stereocenters. The number of amides is 1. The van der Waals surface area contributed by atoms with Crippen LogP contribution in [-0.2, 0) is 24.7 Å². The Labute approximate surface area is 151 Å². The van der Waals surface area contributed by atoms with E-state index in [0.29, 0.717) is 12.1 Å². The summed E-state index contributed by atoms with van der Waals surface area (Å²) < 4.78 is 1.76. The van der Waals surface area contributed by atoms with Crippen molar-refractivity contribution in [1.29, 1.82) is 0 Å². The minimum atomic E-state index is -0.0678. The number of nitrogens with zero attached hydrogens (tertiary/aromatic N) is 4. The lowest BCUT2D eigenvalue weighted by Gasteiger charge is -2.21. The zero-order valence-corrected chi connectivity index (χ0v) is 14.5. The van der Waals surface area contributed by atoms with Gasteiger partial charge in [0.25, 0.3) is 0 Å². The minimum absolute atomic E-state index is 0.0161. The molecule has 2 heterocycles. The number of fused-ring (bicyclic) bond motifs is 1. The van der Waals surface area contributed by atoms with Crippen LogP contribution < -0.4 is 10.6 Å². The molecule has 3 aromatic rings. The van der Waals surface area contributed by atoms with Crippen LogP contribution in [0.3, 0.4) is 0 Å². The molecule has 1 unspecified atom stereocenters. The Balaban J connectivity index is 1.38. The van der Waals surface area contributed by atoms with E-state index >= 15 is 0 Å². The molecule has 7 nitrogen and oxygen atoms in total. The van der Waals surface area contributed by atoms with Crippen molar-refractivity contribution >= 4 is 23.1 Å². The normalized spacial score (nSPS) is 16.0. The molecule has 132 valence electrons. The van der Waals surface area contributed by atoms with E-state index in [1.807, 2.05) is 49.5 Å². The molecule has 0 saturated carbocycles. The number of pyridine rings is 1. The predicted octanol–water partition coefficient (Wildman–Crippen LogP) is 2.70. The van der Waals surface area contributed by atoms with Crippen LogP contribution in [0.4, 0.5) is 17.2 Å². The molecule has 0 fully saturated rings. The van der Waals surface area contributed by atoms with Gasteiger partial charge in [-0.05, 0) is 37.1 Å². The molecule has 1 aliphatic rings. The first-order chi connectivity index (χ1) is 12.7. The number of aromatic nitrogens is 4. The summed E-state index contributed by atoms with van der Waals surface area (Å²) >= 11 is 0. The fourth-order valence-corrected chi connectivity index (χ4v) is 3.19. The van der Waals surface area contributed by atoms with Crippen molar-refractivity contribution in [1.82, 2.24) is 20.0 Å². The Bertz CT molecular complexity index is 904. The van der Waals surface area contributed by atoms with Crippen molar-refractivity contribution in [3.63, 3.8) is 0 Å². The monoisotopic (exact) mass is 348 g/mol. The Morgan fingerprint density at radius 2 is 2.00 bits per heavy atom. The fraction of sp³-hybridized carbons (Fsp3) is 0.263. The topological polar surface area (TPSA) is 84.7 Å². The van der Waals surface area contributed by atoms with E-state index in [4.69, 9.17) is 0 Å². The van der Waals surface area contributed by atoms with Gasteiger partial charge in [0.1, 0.15) is 5.82 Å². The zero-order chi connectivity index (χ0) is 17.9. The minimum Gasteiger partial charge on any atom is -0.340 e. The zero-order valence-electron chi connectivity index (χ0n) is 14.5. The average molecular weight is 348 g/mol. The Hall–Kier alpha value is -3.22. The van der Waals surface area contributed by atoms with E-state index in [2.05, 4.69) is 25.9 Å². The first-order valence-electron chi connectivity index (χ1n) is 8.65. The van der Waals surface area contributed by atoms with Crippen LogP contribution in [0, 0.1) is 5.92 Å². The third-order valence-corrected chi connectivity index (χ3v) is 4.64.